The van der Waals surface area contributed by atoms with Gasteiger partial charge in [0.25, 0.3) is 5.91 Å². The summed E-state index contributed by atoms with van der Waals surface area (Å²) in [4.78, 5) is 11.7. The van der Waals surface area contributed by atoms with Gasteiger partial charge >= 0.3 is 0 Å². The summed E-state index contributed by atoms with van der Waals surface area (Å²) in [7, 11) is 0. The molecule has 2 N–H and O–H groups in total. The number of aromatic amines is 1. The molecule has 84 valence electrons. The van der Waals surface area contributed by atoms with Gasteiger partial charge in [-0.05, 0) is 19.8 Å². The Hall–Kier alpha value is -0.910. The molecule has 1 unspecified atom stereocenters. The van der Waals surface area contributed by atoms with Crippen LogP contribution in [0.4, 0.5) is 0 Å². The Labute approximate surface area is 97.2 Å². The summed E-state index contributed by atoms with van der Waals surface area (Å²) in [6.07, 6.45) is 3.18. The topological polar surface area (TPSA) is 70.7 Å². The van der Waals surface area contributed by atoms with E-state index in [-0.39, 0.29) is 11.4 Å². The van der Waals surface area contributed by atoms with Crippen molar-refractivity contribution in [2.75, 3.05) is 5.33 Å². The van der Waals surface area contributed by atoms with Crippen molar-refractivity contribution in [3.8, 4) is 0 Å². The first-order valence-corrected chi connectivity index (χ1v) is 5.97. The molecule has 1 amide bonds. The zero-order valence-electron chi connectivity index (χ0n) is 8.88. The summed E-state index contributed by atoms with van der Waals surface area (Å²) in [6, 6.07) is 0. The van der Waals surface area contributed by atoms with Gasteiger partial charge in [-0.3, -0.25) is 4.79 Å². The van der Waals surface area contributed by atoms with Crippen molar-refractivity contribution in [1.82, 2.24) is 20.7 Å². The second kappa shape index (κ2) is 5.25. The molecular formula is C9H15BrN4O. The van der Waals surface area contributed by atoms with E-state index < -0.39 is 0 Å². The van der Waals surface area contributed by atoms with E-state index in [1.807, 2.05) is 13.8 Å². The van der Waals surface area contributed by atoms with Gasteiger partial charge in [0.2, 0.25) is 0 Å². The van der Waals surface area contributed by atoms with Gasteiger partial charge < -0.3 is 5.32 Å². The van der Waals surface area contributed by atoms with Gasteiger partial charge in [-0.15, -0.1) is 0 Å². The molecular weight excluding hydrogens is 260 g/mol. The Morgan fingerprint density at radius 3 is 2.93 bits per heavy atom. The van der Waals surface area contributed by atoms with Crippen LogP contribution >= 0.6 is 15.9 Å². The van der Waals surface area contributed by atoms with E-state index in [2.05, 4.69) is 36.7 Å². The molecule has 0 aliphatic carbocycles. The SMILES string of the molecule is CCC(C)(CCBr)NC(=O)c1cn[nH]n1. The van der Waals surface area contributed by atoms with Crippen LogP contribution in [0.5, 0.6) is 0 Å². The van der Waals surface area contributed by atoms with E-state index in [9.17, 15) is 4.79 Å². The van der Waals surface area contributed by atoms with Crippen molar-refractivity contribution < 1.29 is 4.79 Å². The fourth-order valence-corrected chi connectivity index (χ4v) is 2.06. The molecule has 6 heteroatoms. The van der Waals surface area contributed by atoms with Crippen molar-refractivity contribution in [3.05, 3.63) is 11.9 Å². The molecule has 1 aromatic rings. The normalized spacial score (nSPS) is 14.6. The minimum Gasteiger partial charge on any atom is -0.345 e. The van der Waals surface area contributed by atoms with E-state index in [0.717, 1.165) is 18.2 Å². The molecule has 5 nitrogen and oxygen atoms in total. The number of hydrogen-bond acceptors (Lipinski definition) is 3. The number of amides is 1. The number of carbonyl (C=O) groups excluding carboxylic acids is 1. The summed E-state index contributed by atoms with van der Waals surface area (Å²) in [5, 5.41) is 13.6. The highest BCUT2D eigenvalue weighted by Crippen LogP contribution is 2.16. The number of rotatable bonds is 5. The smallest absolute Gasteiger partial charge is 0.273 e. The second-order valence-corrected chi connectivity index (χ2v) is 4.46. The highest BCUT2D eigenvalue weighted by atomic mass is 79.9. The molecule has 0 aromatic carbocycles. The van der Waals surface area contributed by atoms with Crippen molar-refractivity contribution in [3.63, 3.8) is 0 Å². The van der Waals surface area contributed by atoms with Crippen LogP contribution in [0.1, 0.15) is 37.2 Å². The number of nitrogens with one attached hydrogen (secondary N) is 2. The standard InChI is InChI=1S/C9H15BrN4O/c1-3-9(2,4-5-10)12-8(15)7-6-11-14-13-7/h6H,3-5H2,1-2H3,(H,12,15)(H,11,13,14). The Kier molecular flexibility index (Phi) is 4.26. The van der Waals surface area contributed by atoms with Crippen LogP contribution in [0.2, 0.25) is 0 Å². The molecule has 0 radical (unpaired) electrons. The number of alkyl halides is 1. The highest BCUT2D eigenvalue weighted by molar-refractivity contribution is 9.09. The monoisotopic (exact) mass is 274 g/mol. The van der Waals surface area contributed by atoms with Crippen molar-refractivity contribution in [2.24, 2.45) is 0 Å². The van der Waals surface area contributed by atoms with Crippen LogP contribution < -0.4 is 5.32 Å². The lowest BCUT2D eigenvalue weighted by molar-refractivity contribution is 0.0896. The Bertz CT molecular complexity index is 314. The largest absolute Gasteiger partial charge is 0.345 e. The average molecular weight is 275 g/mol. The van der Waals surface area contributed by atoms with Crippen LogP contribution in [0.15, 0.2) is 6.20 Å². The van der Waals surface area contributed by atoms with Crippen LogP contribution in [-0.2, 0) is 0 Å². The number of hydrogen-bond donors (Lipinski definition) is 2. The highest BCUT2D eigenvalue weighted by Gasteiger charge is 2.24. The van der Waals surface area contributed by atoms with Crippen molar-refractivity contribution in [1.29, 1.82) is 0 Å². The van der Waals surface area contributed by atoms with Crippen LogP contribution in [-0.4, -0.2) is 32.2 Å². The molecule has 0 fully saturated rings. The number of aromatic nitrogens is 3. The van der Waals surface area contributed by atoms with Gasteiger partial charge in [0, 0.05) is 10.9 Å². The molecule has 15 heavy (non-hydrogen) atoms. The minimum atomic E-state index is -0.195. The molecule has 1 aromatic heterocycles. The minimum absolute atomic E-state index is 0.186. The maximum atomic E-state index is 11.7. The van der Waals surface area contributed by atoms with Crippen molar-refractivity contribution in [2.45, 2.75) is 32.2 Å². The predicted octanol–water partition coefficient (Wildman–Crippen LogP) is 1.49. The summed E-state index contributed by atoms with van der Waals surface area (Å²) < 4.78 is 0. The zero-order valence-corrected chi connectivity index (χ0v) is 10.5. The summed E-state index contributed by atoms with van der Waals surface area (Å²) in [6.45, 7) is 4.07. The Morgan fingerprint density at radius 2 is 2.47 bits per heavy atom. The predicted molar refractivity (Wildman–Crippen MR) is 61.0 cm³/mol. The van der Waals surface area contributed by atoms with E-state index in [1.54, 1.807) is 0 Å². The third kappa shape index (κ3) is 3.30. The van der Waals surface area contributed by atoms with Gasteiger partial charge in [0.05, 0.1) is 6.20 Å². The maximum Gasteiger partial charge on any atom is 0.273 e. The van der Waals surface area contributed by atoms with Gasteiger partial charge in [-0.25, -0.2) is 0 Å². The van der Waals surface area contributed by atoms with Crippen LogP contribution in [0, 0.1) is 0 Å². The van der Waals surface area contributed by atoms with E-state index in [0.29, 0.717) is 5.69 Å². The lowest BCUT2D eigenvalue weighted by atomic mass is 9.95. The fraction of sp³-hybridized carbons (Fsp3) is 0.667. The lowest BCUT2D eigenvalue weighted by Crippen LogP contribution is -2.45. The lowest BCUT2D eigenvalue weighted by Gasteiger charge is -2.28. The molecule has 1 rings (SSSR count). The molecule has 0 saturated carbocycles. The van der Waals surface area contributed by atoms with E-state index in [1.165, 1.54) is 6.20 Å². The summed E-state index contributed by atoms with van der Waals surface area (Å²) in [5.41, 5.74) is 0.128. The first-order chi connectivity index (χ1) is 7.11. The first kappa shape index (κ1) is 12.2. The molecule has 0 saturated heterocycles. The first-order valence-electron chi connectivity index (χ1n) is 4.85. The third-order valence-electron chi connectivity index (χ3n) is 2.49. The molecule has 0 bridgehead atoms. The molecule has 0 aliphatic rings. The summed E-state index contributed by atoms with van der Waals surface area (Å²) >= 11 is 3.38. The molecule has 1 atom stereocenters. The van der Waals surface area contributed by atoms with Gasteiger partial charge in [-0.2, -0.15) is 15.4 Å². The van der Waals surface area contributed by atoms with Crippen LogP contribution in [0.3, 0.4) is 0 Å². The third-order valence-corrected chi connectivity index (χ3v) is 2.89. The Morgan fingerprint density at radius 1 is 1.73 bits per heavy atom. The van der Waals surface area contributed by atoms with Gasteiger partial charge in [-0.1, -0.05) is 22.9 Å². The number of carbonyl (C=O) groups is 1. The quantitative estimate of drug-likeness (QED) is 0.800. The van der Waals surface area contributed by atoms with Gasteiger partial charge in [0.15, 0.2) is 5.69 Å². The van der Waals surface area contributed by atoms with E-state index in [4.69, 9.17) is 0 Å². The average Bonchev–Trinajstić information content (AvgIpc) is 2.71. The fourth-order valence-electron chi connectivity index (χ4n) is 1.19. The number of nitrogens with zero attached hydrogens (tertiary/aromatic N) is 2. The van der Waals surface area contributed by atoms with Gasteiger partial charge in [0.1, 0.15) is 0 Å². The molecule has 0 spiro atoms. The number of H-pyrrole nitrogens is 1. The number of halogens is 1. The van der Waals surface area contributed by atoms with Crippen LogP contribution in [0.25, 0.3) is 0 Å². The second-order valence-electron chi connectivity index (χ2n) is 3.66. The maximum absolute atomic E-state index is 11.7. The zero-order chi connectivity index (χ0) is 11.3. The molecule has 0 aliphatic heterocycles. The summed E-state index contributed by atoms with van der Waals surface area (Å²) in [5.74, 6) is -0.186. The van der Waals surface area contributed by atoms with Crippen molar-refractivity contribution >= 4 is 21.8 Å². The van der Waals surface area contributed by atoms with E-state index >= 15 is 0 Å². The molecule has 1 heterocycles. The Balaban J connectivity index is 2.63.